The molecule has 0 spiro atoms. The van der Waals surface area contributed by atoms with Gasteiger partial charge in [0.1, 0.15) is 11.3 Å². The molecule has 32 heavy (non-hydrogen) atoms. The van der Waals surface area contributed by atoms with Crippen molar-refractivity contribution in [3.05, 3.63) is 52.3 Å². The molecule has 1 atom stereocenters. The summed E-state index contributed by atoms with van der Waals surface area (Å²) >= 11 is 0. The van der Waals surface area contributed by atoms with Gasteiger partial charge < -0.3 is 19.8 Å². The van der Waals surface area contributed by atoms with Crippen molar-refractivity contribution in [3.63, 3.8) is 0 Å². The third-order valence-electron chi connectivity index (χ3n) is 5.34. The fraction of sp³-hybridized carbons (Fsp3) is 0.333. The number of imide groups is 1. The molecule has 2 heterocycles. The van der Waals surface area contributed by atoms with Gasteiger partial charge in [-0.1, -0.05) is 12.1 Å². The Morgan fingerprint density at radius 1 is 1.16 bits per heavy atom. The van der Waals surface area contributed by atoms with Gasteiger partial charge in [-0.05, 0) is 44.0 Å². The van der Waals surface area contributed by atoms with Crippen LogP contribution in [0.2, 0.25) is 0 Å². The number of Topliss-reactive ketones (excluding diaryl/α,β-unsaturated/α-hetero) is 1. The van der Waals surface area contributed by atoms with Gasteiger partial charge in [-0.3, -0.25) is 14.5 Å². The number of rotatable bonds is 7. The van der Waals surface area contributed by atoms with Gasteiger partial charge in [-0.25, -0.2) is 9.59 Å². The van der Waals surface area contributed by atoms with Gasteiger partial charge in [0.2, 0.25) is 0 Å². The second-order valence-electron chi connectivity index (χ2n) is 7.39. The second kappa shape index (κ2) is 8.40. The molecule has 0 bridgehead atoms. The zero-order valence-electron chi connectivity index (χ0n) is 17.7. The Morgan fingerprint density at radius 3 is 2.34 bits per heavy atom. The van der Waals surface area contributed by atoms with E-state index in [1.165, 1.54) is 38.3 Å². The molecule has 2 aromatic rings. The number of ether oxygens (including phenoxy) is 2. The predicted octanol–water partition coefficient (Wildman–Crippen LogP) is 2.67. The second-order valence-corrected chi connectivity index (χ2v) is 7.39. The lowest BCUT2D eigenvalue weighted by atomic mass is 9.92. The molecule has 0 saturated carbocycles. The summed E-state index contributed by atoms with van der Waals surface area (Å²) in [6.07, 6.45) is 0. The SMILES string of the molecule is COC(=O)c1c(C)[nH]c(C(=O)CN2C(=O)N[C@@](C)(c3ccc(OC(F)F)cc3)C2=O)c1C. The summed E-state index contributed by atoms with van der Waals surface area (Å²) in [6.45, 7) is 1.05. The van der Waals surface area contributed by atoms with E-state index in [9.17, 15) is 28.0 Å². The van der Waals surface area contributed by atoms with Crippen LogP contribution in [0.3, 0.4) is 0 Å². The van der Waals surface area contributed by atoms with Gasteiger partial charge in [0, 0.05) is 5.69 Å². The van der Waals surface area contributed by atoms with Gasteiger partial charge in [0.05, 0.1) is 24.9 Å². The van der Waals surface area contributed by atoms with Crippen molar-refractivity contribution < 1.29 is 37.4 Å². The molecule has 3 amide bonds. The average molecular weight is 449 g/mol. The summed E-state index contributed by atoms with van der Waals surface area (Å²) < 4.78 is 33.7. The summed E-state index contributed by atoms with van der Waals surface area (Å²) in [5.74, 6) is -1.98. The van der Waals surface area contributed by atoms with Crippen molar-refractivity contribution in [1.82, 2.24) is 15.2 Å². The van der Waals surface area contributed by atoms with Crippen molar-refractivity contribution in [2.75, 3.05) is 13.7 Å². The maximum Gasteiger partial charge on any atom is 0.387 e. The van der Waals surface area contributed by atoms with Crippen LogP contribution in [0.25, 0.3) is 0 Å². The molecule has 1 saturated heterocycles. The van der Waals surface area contributed by atoms with E-state index in [-0.39, 0.29) is 17.0 Å². The number of esters is 1. The third-order valence-corrected chi connectivity index (χ3v) is 5.34. The first kappa shape index (κ1) is 22.9. The number of methoxy groups -OCH3 is 1. The number of nitrogens with zero attached hydrogens (tertiary/aromatic N) is 1. The summed E-state index contributed by atoms with van der Waals surface area (Å²) in [7, 11) is 1.22. The summed E-state index contributed by atoms with van der Waals surface area (Å²) in [5, 5.41) is 2.53. The number of aryl methyl sites for hydroxylation is 1. The van der Waals surface area contributed by atoms with Crippen molar-refractivity contribution in [2.24, 2.45) is 0 Å². The quantitative estimate of drug-likeness (QED) is 0.381. The number of benzene rings is 1. The molecule has 1 aromatic heterocycles. The van der Waals surface area contributed by atoms with E-state index in [4.69, 9.17) is 4.74 Å². The lowest BCUT2D eigenvalue weighted by molar-refractivity contribution is -0.130. The van der Waals surface area contributed by atoms with Crippen molar-refractivity contribution in [1.29, 1.82) is 0 Å². The van der Waals surface area contributed by atoms with Crippen LogP contribution in [-0.2, 0) is 15.1 Å². The van der Waals surface area contributed by atoms with E-state index in [0.717, 1.165) is 4.90 Å². The summed E-state index contributed by atoms with van der Waals surface area (Å²) in [6, 6.07) is 4.47. The molecule has 0 unspecified atom stereocenters. The van der Waals surface area contributed by atoms with Crippen molar-refractivity contribution in [2.45, 2.75) is 32.9 Å². The van der Waals surface area contributed by atoms with Crippen LogP contribution in [0.1, 0.15) is 44.6 Å². The number of carbonyl (C=O) groups excluding carboxylic acids is 4. The number of amides is 3. The third kappa shape index (κ3) is 3.93. The fourth-order valence-corrected chi connectivity index (χ4v) is 3.67. The van der Waals surface area contributed by atoms with E-state index >= 15 is 0 Å². The number of carbonyl (C=O) groups is 4. The average Bonchev–Trinajstić information content (AvgIpc) is 3.15. The molecule has 1 aliphatic heterocycles. The van der Waals surface area contributed by atoms with Crippen molar-refractivity contribution in [3.8, 4) is 5.75 Å². The minimum Gasteiger partial charge on any atom is -0.465 e. The molecule has 170 valence electrons. The topological polar surface area (TPSA) is 118 Å². The van der Waals surface area contributed by atoms with Gasteiger partial charge in [-0.2, -0.15) is 8.78 Å². The number of H-pyrrole nitrogens is 1. The molecular weight excluding hydrogens is 428 g/mol. The lowest BCUT2D eigenvalue weighted by Gasteiger charge is -2.22. The number of halogens is 2. The van der Waals surface area contributed by atoms with Crippen LogP contribution in [0.4, 0.5) is 13.6 Å². The zero-order chi connectivity index (χ0) is 23.8. The maximum absolute atomic E-state index is 13.0. The van der Waals surface area contributed by atoms with Crippen LogP contribution in [0, 0.1) is 13.8 Å². The van der Waals surface area contributed by atoms with E-state index < -0.39 is 42.4 Å². The molecule has 0 aliphatic carbocycles. The Labute approximate surface area is 181 Å². The van der Waals surface area contributed by atoms with Gasteiger partial charge in [0.15, 0.2) is 5.78 Å². The lowest BCUT2D eigenvalue weighted by Crippen LogP contribution is -2.41. The minimum absolute atomic E-state index is 0.0885. The molecule has 2 N–H and O–H groups in total. The first-order valence-corrected chi connectivity index (χ1v) is 9.49. The predicted molar refractivity (Wildman–Crippen MR) is 107 cm³/mol. The number of aromatic amines is 1. The van der Waals surface area contributed by atoms with Gasteiger partial charge in [0.25, 0.3) is 5.91 Å². The first-order valence-electron chi connectivity index (χ1n) is 9.49. The molecule has 0 radical (unpaired) electrons. The highest BCUT2D eigenvalue weighted by Gasteiger charge is 2.49. The van der Waals surface area contributed by atoms with Crippen molar-refractivity contribution >= 4 is 23.7 Å². The Balaban J connectivity index is 1.82. The highest BCUT2D eigenvalue weighted by atomic mass is 19.3. The van der Waals surface area contributed by atoms with Crippen LogP contribution in [0.5, 0.6) is 5.75 Å². The summed E-state index contributed by atoms with van der Waals surface area (Å²) in [4.78, 5) is 53.9. The Kier molecular flexibility index (Phi) is 6.02. The molecule has 3 rings (SSSR count). The minimum atomic E-state index is -2.99. The highest BCUT2D eigenvalue weighted by Crippen LogP contribution is 2.31. The molecule has 9 nitrogen and oxygen atoms in total. The molecule has 1 fully saturated rings. The largest absolute Gasteiger partial charge is 0.465 e. The summed E-state index contributed by atoms with van der Waals surface area (Å²) in [5.41, 5.74) is -0.102. The monoisotopic (exact) mass is 449 g/mol. The maximum atomic E-state index is 13.0. The number of hydrogen-bond acceptors (Lipinski definition) is 6. The smallest absolute Gasteiger partial charge is 0.387 e. The van der Waals surface area contributed by atoms with Gasteiger partial charge in [-0.15, -0.1) is 0 Å². The number of alkyl halides is 2. The molecular formula is C21H21F2N3O6. The Bertz CT molecular complexity index is 1100. The van der Waals surface area contributed by atoms with Crippen LogP contribution in [-0.4, -0.2) is 53.8 Å². The standard InChI is InChI=1S/C21H21F2N3O6/c1-10-15(17(28)31-4)11(2)24-16(10)14(27)9-26-18(29)21(3,25-20(26)30)12-5-7-13(8-6-12)32-19(22)23/h5-8,19,24H,9H2,1-4H3,(H,25,30)/t21-/m0/s1. The number of ketones is 1. The van der Waals surface area contributed by atoms with E-state index in [1.54, 1.807) is 13.8 Å². The van der Waals surface area contributed by atoms with Crippen LogP contribution in [0.15, 0.2) is 24.3 Å². The van der Waals surface area contributed by atoms with E-state index in [1.807, 2.05) is 0 Å². The number of aromatic nitrogens is 1. The van der Waals surface area contributed by atoms with Gasteiger partial charge >= 0.3 is 18.6 Å². The molecule has 11 heteroatoms. The number of nitrogens with one attached hydrogen (secondary N) is 2. The highest BCUT2D eigenvalue weighted by molar-refractivity contribution is 6.11. The number of urea groups is 1. The Morgan fingerprint density at radius 2 is 1.78 bits per heavy atom. The normalized spacial score (nSPS) is 18.2. The van der Waals surface area contributed by atoms with E-state index in [0.29, 0.717) is 16.8 Å². The molecule has 1 aromatic carbocycles. The van der Waals surface area contributed by atoms with Crippen LogP contribution < -0.4 is 10.1 Å². The van der Waals surface area contributed by atoms with E-state index in [2.05, 4.69) is 15.0 Å². The number of hydrogen-bond donors (Lipinski definition) is 2. The molecule has 1 aliphatic rings. The van der Waals surface area contributed by atoms with Crippen LogP contribution >= 0.6 is 0 Å². The zero-order valence-corrected chi connectivity index (χ0v) is 17.7. The fourth-order valence-electron chi connectivity index (χ4n) is 3.67. The first-order chi connectivity index (χ1) is 15.0. The Hall–Kier alpha value is -3.76.